The number of morpholine rings is 1. The number of carbonyl (C=O) groups is 1. The van der Waals surface area contributed by atoms with Gasteiger partial charge in [0, 0.05) is 36.2 Å². The number of urea groups is 1. The smallest absolute Gasteiger partial charge is 0.319 e. The maximum Gasteiger partial charge on any atom is 0.319 e. The second kappa shape index (κ2) is 10.9. The maximum absolute atomic E-state index is 11.8. The van der Waals surface area contributed by atoms with Gasteiger partial charge in [0.05, 0.1) is 37.3 Å². The molecule has 0 bridgehead atoms. The molecule has 0 spiro atoms. The van der Waals surface area contributed by atoms with Gasteiger partial charge in [-0.15, -0.1) is 0 Å². The second-order valence-electron chi connectivity index (χ2n) is 7.58. The Morgan fingerprint density at radius 2 is 2.03 bits per heavy atom. The summed E-state index contributed by atoms with van der Waals surface area (Å²) in [7, 11) is -2.77. The van der Waals surface area contributed by atoms with Crippen molar-refractivity contribution in [2.45, 2.75) is 25.6 Å². The molecule has 176 valence electrons. The van der Waals surface area contributed by atoms with Crippen LogP contribution in [0.5, 0.6) is 0 Å². The van der Waals surface area contributed by atoms with Crippen LogP contribution in [-0.2, 0) is 10.5 Å². The molecule has 0 unspecified atom stereocenters. The van der Waals surface area contributed by atoms with Gasteiger partial charge in [0.25, 0.3) is 0 Å². The molecule has 1 saturated heterocycles. The first kappa shape index (κ1) is 24.2. The quantitative estimate of drug-likeness (QED) is 0.401. The van der Waals surface area contributed by atoms with Gasteiger partial charge in [-0.3, -0.25) is 9.11 Å². The van der Waals surface area contributed by atoms with Crippen molar-refractivity contribution in [3.8, 4) is 11.4 Å². The Morgan fingerprint density at radius 3 is 2.69 bits per heavy atom. The third-order valence-electron chi connectivity index (χ3n) is 5.07. The highest BCUT2D eigenvalue weighted by Gasteiger charge is 2.23. The van der Waals surface area contributed by atoms with Crippen molar-refractivity contribution in [1.82, 2.24) is 15.3 Å². The molecular formula is C21H31N5O5S. The molecule has 10 nitrogen and oxygen atoms in total. The molecule has 1 aromatic heterocycles. The van der Waals surface area contributed by atoms with Crippen LogP contribution in [0.4, 0.5) is 16.3 Å². The fourth-order valence-electron chi connectivity index (χ4n) is 3.29. The van der Waals surface area contributed by atoms with Crippen molar-refractivity contribution in [2.75, 3.05) is 48.9 Å². The highest BCUT2D eigenvalue weighted by atomic mass is 32.3. The molecule has 3 rings (SSSR count). The third-order valence-corrected chi connectivity index (χ3v) is 6.75. The lowest BCUT2D eigenvalue weighted by Gasteiger charge is -2.35. The van der Waals surface area contributed by atoms with E-state index < -0.39 is 16.6 Å². The van der Waals surface area contributed by atoms with Crippen LogP contribution in [0.25, 0.3) is 11.4 Å². The SMILES string of the molecule is CCS(O)(O)Cc1cc(N2CCOC[C@@H]2C)nc(-c2ccc(NC(=O)NCCO)cc2)n1. The first-order valence-electron chi connectivity index (χ1n) is 10.5. The zero-order valence-electron chi connectivity index (χ0n) is 18.3. The Balaban J connectivity index is 1.88. The monoisotopic (exact) mass is 465 g/mol. The second-order valence-corrected chi connectivity index (χ2v) is 10.0. The Bertz CT molecular complexity index is 912. The van der Waals surface area contributed by atoms with Crippen molar-refractivity contribution in [2.24, 2.45) is 0 Å². The Morgan fingerprint density at radius 1 is 1.28 bits per heavy atom. The number of amides is 2. The summed E-state index contributed by atoms with van der Waals surface area (Å²) in [6.07, 6.45) is 0. The number of hydrogen-bond acceptors (Lipinski definition) is 8. The van der Waals surface area contributed by atoms with Gasteiger partial charge in [0.2, 0.25) is 0 Å². The summed E-state index contributed by atoms with van der Waals surface area (Å²) in [5.74, 6) is 1.51. The van der Waals surface area contributed by atoms with Crippen molar-refractivity contribution in [3.63, 3.8) is 0 Å². The van der Waals surface area contributed by atoms with Gasteiger partial charge in [-0.2, -0.15) is 10.6 Å². The summed E-state index contributed by atoms with van der Waals surface area (Å²) in [6.45, 7) is 5.72. The zero-order chi connectivity index (χ0) is 23.1. The molecule has 1 aromatic carbocycles. The van der Waals surface area contributed by atoms with Crippen LogP contribution in [0.15, 0.2) is 30.3 Å². The van der Waals surface area contributed by atoms with Gasteiger partial charge >= 0.3 is 6.03 Å². The standard InChI is InChI=1S/C21H31N5O5S/c1-3-32(29,30)14-18-12-19(26-9-11-31-13-15(26)2)25-20(23-18)16-4-6-17(7-5-16)24-21(28)22-8-10-27/h4-7,12,15,27,29-30H,3,8-11,13-14H2,1-2H3,(H2,22,24,28)/t15-/m0/s1. The van der Waals surface area contributed by atoms with Gasteiger partial charge in [-0.05, 0) is 38.1 Å². The van der Waals surface area contributed by atoms with Crippen molar-refractivity contribution >= 4 is 28.1 Å². The predicted molar refractivity (Wildman–Crippen MR) is 126 cm³/mol. The number of benzene rings is 1. The molecule has 1 fully saturated rings. The molecule has 0 saturated carbocycles. The third kappa shape index (κ3) is 6.53. The van der Waals surface area contributed by atoms with Crippen molar-refractivity contribution < 1.29 is 23.7 Å². The van der Waals surface area contributed by atoms with Crippen molar-refractivity contribution in [1.29, 1.82) is 0 Å². The van der Waals surface area contributed by atoms with E-state index in [2.05, 4.69) is 27.4 Å². The lowest BCUT2D eigenvalue weighted by Crippen LogP contribution is -2.44. The van der Waals surface area contributed by atoms with E-state index in [1.165, 1.54) is 0 Å². The summed E-state index contributed by atoms with van der Waals surface area (Å²) < 4.78 is 26.0. The number of aliphatic hydroxyl groups is 1. The number of aliphatic hydroxyl groups excluding tert-OH is 1. The van der Waals surface area contributed by atoms with Crippen LogP contribution in [0, 0.1) is 0 Å². The summed E-state index contributed by atoms with van der Waals surface area (Å²) in [5, 5.41) is 14.0. The number of hydrogen-bond donors (Lipinski definition) is 5. The molecule has 2 amide bonds. The summed E-state index contributed by atoms with van der Waals surface area (Å²) in [5.41, 5.74) is 1.89. The Kier molecular flexibility index (Phi) is 8.26. The van der Waals surface area contributed by atoms with Gasteiger partial charge < -0.3 is 25.4 Å². The molecule has 2 aromatic rings. The summed E-state index contributed by atoms with van der Waals surface area (Å²) in [4.78, 5) is 23.2. The van der Waals surface area contributed by atoms with E-state index in [4.69, 9.17) is 14.8 Å². The molecule has 1 atom stereocenters. The average molecular weight is 466 g/mol. The molecule has 11 heteroatoms. The van der Waals surface area contributed by atoms with E-state index in [1.54, 1.807) is 31.2 Å². The van der Waals surface area contributed by atoms with Crippen molar-refractivity contribution in [3.05, 3.63) is 36.0 Å². The fraction of sp³-hybridized carbons (Fsp3) is 0.476. The van der Waals surface area contributed by atoms with E-state index in [9.17, 15) is 13.9 Å². The first-order chi connectivity index (χ1) is 15.3. The maximum atomic E-state index is 11.8. The number of nitrogens with one attached hydrogen (secondary N) is 2. The highest BCUT2D eigenvalue weighted by molar-refractivity contribution is 8.23. The molecule has 1 aliphatic rings. The first-order valence-corrected chi connectivity index (χ1v) is 12.4. The number of ether oxygens (including phenoxy) is 1. The van der Waals surface area contributed by atoms with Crippen LogP contribution in [-0.4, -0.2) is 74.9 Å². The van der Waals surface area contributed by atoms with Gasteiger partial charge in [-0.1, -0.05) is 0 Å². The normalized spacial score (nSPS) is 17.2. The number of rotatable bonds is 8. The summed E-state index contributed by atoms with van der Waals surface area (Å²) in [6, 6.07) is 8.61. The molecule has 0 aliphatic carbocycles. The van der Waals surface area contributed by atoms with E-state index >= 15 is 0 Å². The minimum atomic E-state index is -2.77. The van der Waals surface area contributed by atoms with Crippen LogP contribution in [0.3, 0.4) is 0 Å². The van der Waals surface area contributed by atoms with E-state index in [0.29, 0.717) is 37.0 Å². The van der Waals surface area contributed by atoms with Crippen LogP contribution in [0.2, 0.25) is 0 Å². The van der Waals surface area contributed by atoms with Gasteiger partial charge in [0.1, 0.15) is 5.82 Å². The number of carbonyl (C=O) groups excluding carboxylic acids is 1. The van der Waals surface area contributed by atoms with Gasteiger partial charge in [0.15, 0.2) is 5.82 Å². The molecular weight excluding hydrogens is 434 g/mol. The summed E-state index contributed by atoms with van der Waals surface area (Å²) >= 11 is 0. The number of anilines is 2. The van der Waals surface area contributed by atoms with Gasteiger partial charge in [-0.25, -0.2) is 14.8 Å². The molecule has 0 radical (unpaired) electrons. The fourth-order valence-corrected chi connectivity index (χ4v) is 4.11. The van der Waals surface area contributed by atoms with E-state index in [1.807, 2.05) is 6.07 Å². The molecule has 2 heterocycles. The minimum absolute atomic E-state index is 0.0649. The molecule has 5 N–H and O–H groups in total. The van der Waals surface area contributed by atoms with E-state index in [-0.39, 0.29) is 30.7 Å². The van der Waals surface area contributed by atoms with Crippen LogP contribution in [0.1, 0.15) is 19.5 Å². The highest BCUT2D eigenvalue weighted by Crippen LogP contribution is 2.42. The zero-order valence-corrected chi connectivity index (χ0v) is 19.1. The predicted octanol–water partition coefficient (Wildman–Crippen LogP) is 2.75. The Labute approximate surface area is 189 Å². The van der Waals surface area contributed by atoms with Crippen LogP contribution >= 0.6 is 10.6 Å². The largest absolute Gasteiger partial charge is 0.395 e. The number of nitrogens with zero attached hydrogens (tertiary/aromatic N) is 3. The minimum Gasteiger partial charge on any atom is -0.395 e. The molecule has 32 heavy (non-hydrogen) atoms. The lowest BCUT2D eigenvalue weighted by atomic mass is 10.2. The topological polar surface area (TPSA) is 140 Å². The van der Waals surface area contributed by atoms with Crippen LogP contribution < -0.4 is 15.5 Å². The number of aromatic nitrogens is 2. The molecule has 1 aliphatic heterocycles. The Hall–Kier alpha value is -2.44. The van der Waals surface area contributed by atoms with E-state index in [0.717, 1.165) is 11.4 Å². The lowest BCUT2D eigenvalue weighted by molar-refractivity contribution is 0.0985. The average Bonchev–Trinajstić information content (AvgIpc) is 2.78.